The van der Waals surface area contributed by atoms with Crippen LogP contribution in [0.25, 0.3) is 0 Å². The van der Waals surface area contributed by atoms with Gasteiger partial charge in [0, 0.05) is 19.8 Å². The summed E-state index contributed by atoms with van der Waals surface area (Å²) in [5.41, 5.74) is -0.930. The minimum atomic E-state index is -1.17. The molecule has 2 aliphatic rings. The van der Waals surface area contributed by atoms with Gasteiger partial charge in [-0.25, -0.2) is 9.18 Å². The average Bonchev–Trinajstić information content (AvgIpc) is 2.33. The molecule has 2 atom stereocenters. The summed E-state index contributed by atoms with van der Waals surface area (Å²) in [5, 5.41) is 14.4. The standard InChI is InChI=1S/C11H19FN2O3/c12-9-7-13-4-3-11(9,14-10(15)16)8-1-5-17-6-2-8/h8-9,13-14H,1-7H2,(H,15,16)/t9-,11+/m0/s1. The maximum atomic E-state index is 14.2. The SMILES string of the molecule is O=C(O)N[C@@]1(C2CCOCC2)CCNC[C@@H]1F. The fraction of sp³-hybridized carbons (Fsp3) is 0.909. The van der Waals surface area contributed by atoms with Crippen LogP contribution in [0.15, 0.2) is 0 Å². The zero-order chi connectivity index (χ0) is 12.3. The Morgan fingerprint density at radius 3 is 2.76 bits per heavy atom. The Kier molecular flexibility index (Phi) is 3.83. The normalized spacial score (nSPS) is 35.5. The first-order valence-electron chi connectivity index (χ1n) is 6.09. The second-order valence-electron chi connectivity index (χ2n) is 4.78. The molecule has 2 rings (SSSR count). The van der Waals surface area contributed by atoms with E-state index in [1.165, 1.54) is 0 Å². The molecule has 2 saturated heterocycles. The second kappa shape index (κ2) is 5.18. The molecule has 0 radical (unpaired) electrons. The van der Waals surface area contributed by atoms with Gasteiger partial charge in [-0.05, 0) is 31.7 Å². The lowest BCUT2D eigenvalue weighted by Crippen LogP contribution is -2.66. The number of carboxylic acid groups (broad SMARTS) is 1. The predicted octanol–water partition coefficient (Wildman–Crippen LogP) is 0.751. The van der Waals surface area contributed by atoms with E-state index in [-0.39, 0.29) is 12.5 Å². The minimum Gasteiger partial charge on any atom is -0.465 e. The summed E-state index contributed by atoms with van der Waals surface area (Å²) in [6.07, 6.45) is -0.358. The lowest BCUT2D eigenvalue weighted by atomic mass is 9.72. The van der Waals surface area contributed by atoms with Crippen molar-refractivity contribution in [3.63, 3.8) is 0 Å². The molecule has 5 nitrogen and oxygen atoms in total. The van der Waals surface area contributed by atoms with Crippen LogP contribution < -0.4 is 10.6 Å². The summed E-state index contributed by atoms with van der Waals surface area (Å²) >= 11 is 0. The topological polar surface area (TPSA) is 70.6 Å². The molecule has 0 aromatic heterocycles. The summed E-state index contributed by atoms with van der Waals surface area (Å²) in [5.74, 6) is 0.0319. The number of nitrogens with one attached hydrogen (secondary N) is 2. The number of hydrogen-bond acceptors (Lipinski definition) is 3. The smallest absolute Gasteiger partial charge is 0.405 e. The van der Waals surface area contributed by atoms with E-state index in [1.807, 2.05) is 0 Å². The van der Waals surface area contributed by atoms with Crippen LogP contribution in [-0.2, 0) is 4.74 Å². The Hall–Kier alpha value is -0.880. The first-order chi connectivity index (χ1) is 8.15. The third kappa shape index (κ3) is 2.52. The molecule has 0 bridgehead atoms. The molecule has 6 heteroatoms. The number of carbonyl (C=O) groups is 1. The number of piperidine rings is 1. The summed E-state index contributed by atoms with van der Waals surface area (Å²) in [7, 11) is 0. The molecule has 17 heavy (non-hydrogen) atoms. The summed E-state index contributed by atoms with van der Waals surface area (Å²) < 4.78 is 19.5. The Morgan fingerprint density at radius 2 is 2.18 bits per heavy atom. The van der Waals surface area contributed by atoms with Crippen molar-refractivity contribution in [1.29, 1.82) is 0 Å². The van der Waals surface area contributed by atoms with E-state index in [4.69, 9.17) is 9.84 Å². The molecule has 2 aliphatic heterocycles. The zero-order valence-electron chi connectivity index (χ0n) is 9.75. The van der Waals surface area contributed by atoms with Crippen molar-refractivity contribution in [3.8, 4) is 0 Å². The van der Waals surface area contributed by atoms with E-state index < -0.39 is 17.8 Å². The molecule has 2 fully saturated rings. The molecule has 0 aromatic carbocycles. The molecular formula is C11H19FN2O3. The van der Waals surface area contributed by atoms with Gasteiger partial charge in [-0.15, -0.1) is 0 Å². The highest BCUT2D eigenvalue weighted by Gasteiger charge is 2.48. The van der Waals surface area contributed by atoms with Gasteiger partial charge in [0.15, 0.2) is 0 Å². The summed E-state index contributed by atoms with van der Waals surface area (Å²) in [4.78, 5) is 10.9. The van der Waals surface area contributed by atoms with Gasteiger partial charge in [0.1, 0.15) is 6.17 Å². The van der Waals surface area contributed by atoms with Gasteiger partial charge in [-0.1, -0.05) is 0 Å². The van der Waals surface area contributed by atoms with Crippen molar-refractivity contribution in [3.05, 3.63) is 0 Å². The fourth-order valence-corrected chi connectivity index (χ4v) is 2.98. The maximum absolute atomic E-state index is 14.2. The first kappa shape index (κ1) is 12.6. The average molecular weight is 246 g/mol. The van der Waals surface area contributed by atoms with Crippen LogP contribution in [0.5, 0.6) is 0 Å². The summed E-state index contributed by atoms with van der Waals surface area (Å²) in [6.45, 7) is 2.05. The van der Waals surface area contributed by atoms with Gasteiger partial charge < -0.3 is 20.5 Å². The number of rotatable bonds is 2. The van der Waals surface area contributed by atoms with Crippen LogP contribution in [-0.4, -0.2) is 49.2 Å². The zero-order valence-corrected chi connectivity index (χ0v) is 9.75. The van der Waals surface area contributed by atoms with Gasteiger partial charge in [0.25, 0.3) is 0 Å². The number of halogens is 1. The minimum absolute atomic E-state index is 0.0319. The monoisotopic (exact) mass is 246 g/mol. The molecule has 0 unspecified atom stereocenters. The largest absolute Gasteiger partial charge is 0.465 e. The predicted molar refractivity (Wildman–Crippen MR) is 59.8 cm³/mol. The molecule has 2 heterocycles. The highest BCUT2D eigenvalue weighted by Crippen LogP contribution is 2.36. The van der Waals surface area contributed by atoms with E-state index >= 15 is 0 Å². The van der Waals surface area contributed by atoms with Crippen molar-refractivity contribution in [1.82, 2.24) is 10.6 Å². The van der Waals surface area contributed by atoms with Gasteiger partial charge in [0.05, 0.1) is 5.54 Å². The van der Waals surface area contributed by atoms with E-state index in [2.05, 4.69) is 10.6 Å². The number of hydrogen-bond donors (Lipinski definition) is 3. The van der Waals surface area contributed by atoms with Crippen molar-refractivity contribution >= 4 is 6.09 Å². The lowest BCUT2D eigenvalue weighted by molar-refractivity contribution is -0.0128. The second-order valence-corrected chi connectivity index (χ2v) is 4.78. The van der Waals surface area contributed by atoms with Crippen LogP contribution in [0.1, 0.15) is 19.3 Å². The molecular weight excluding hydrogens is 227 g/mol. The lowest BCUT2D eigenvalue weighted by Gasteiger charge is -2.47. The highest BCUT2D eigenvalue weighted by atomic mass is 19.1. The van der Waals surface area contributed by atoms with Gasteiger partial charge in [-0.3, -0.25) is 0 Å². The molecule has 0 aromatic rings. The Bertz CT molecular complexity index is 284. The Balaban J connectivity index is 2.17. The van der Waals surface area contributed by atoms with E-state index in [0.717, 1.165) is 12.8 Å². The third-order valence-electron chi connectivity index (χ3n) is 3.89. The van der Waals surface area contributed by atoms with Crippen LogP contribution in [0.4, 0.5) is 9.18 Å². The van der Waals surface area contributed by atoms with Crippen molar-refractivity contribution in [2.45, 2.75) is 31.0 Å². The van der Waals surface area contributed by atoms with Crippen LogP contribution in [0.3, 0.4) is 0 Å². The van der Waals surface area contributed by atoms with Crippen LogP contribution in [0, 0.1) is 5.92 Å². The molecule has 3 N–H and O–H groups in total. The molecule has 98 valence electrons. The first-order valence-corrected chi connectivity index (χ1v) is 6.09. The number of ether oxygens (including phenoxy) is 1. The quantitative estimate of drug-likeness (QED) is 0.672. The maximum Gasteiger partial charge on any atom is 0.405 e. The van der Waals surface area contributed by atoms with Crippen molar-refractivity contribution in [2.75, 3.05) is 26.3 Å². The third-order valence-corrected chi connectivity index (χ3v) is 3.89. The van der Waals surface area contributed by atoms with Crippen LogP contribution >= 0.6 is 0 Å². The Morgan fingerprint density at radius 1 is 1.47 bits per heavy atom. The molecule has 1 amide bonds. The molecule has 0 aliphatic carbocycles. The Labute approximate surface area is 99.7 Å². The molecule has 0 spiro atoms. The van der Waals surface area contributed by atoms with Gasteiger partial charge >= 0.3 is 6.09 Å². The van der Waals surface area contributed by atoms with E-state index in [9.17, 15) is 9.18 Å². The fourth-order valence-electron chi connectivity index (χ4n) is 2.98. The van der Waals surface area contributed by atoms with E-state index in [0.29, 0.717) is 26.2 Å². The van der Waals surface area contributed by atoms with E-state index in [1.54, 1.807) is 0 Å². The summed E-state index contributed by atoms with van der Waals surface area (Å²) in [6, 6.07) is 0. The highest BCUT2D eigenvalue weighted by molar-refractivity contribution is 5.66. The number of amides is 1. The molecule has 0 saturated carbocycles. The van der Waals surface area contributed by atoms with Gasteiger partial charge in [0.2, 0.25) is 0 Å². The van der Waals surface area contributed by atoms with Crippen molar-refractivity contribution in [2.24, 2.45) is 5.92 Å². The van der Waals surface area contributed by atoms with Gasteiger partial charge in [-0.2, -0.15) is 0 Å². The van der Waals surface area contributed by atoms with Crippen LogP contribution in [0.2, 0.25) is 0 Å². The number of alkyl halides is 1. The van der Waals surface area contributed by atoms with Crippen molar-refractivity contribution < 1.29 is 19.0 Å².